The second kappa shape index (κ2) is 11.5. The van der Waals surface area contributed by atoms with Crippen LogP contribution in [0.5, 0.6) is 0 Å². The van der Waals surface area contributed by atoms with Crippen LogP contribution in [0.25, 0.3) is 0 Å². The van der Waals surface area contributed by atoms with Crippen LogP contribution in [0.4, 0.5) is 0 Å². The molecule has 41 heavy (non-hydrogen) atoms. The average molecular weight is 592 g/mol. The highest BCUT2D eigenvalue weighted by molar-refractivity contribution is 7.85. The van der Waals surface area contributed by atoms with Gasteiger partial charge in [-0.2, -0.15) is 8.42 Å². The monoisotopic (exact) mass is 591 g/mol. The van der Waals surface area contributed by atoms with Gasteiger partial charge < -0.3 is 20.6 Å². The minimum atomic E-state index is -4.29. The summed E-state index contributed by atoms with van der Waals surface area (Å²) in [6.07, 6.45) is 5.42. The lowest BCUT2D eigenvalue weighted by atomic mass is 9.43. The molecule has 0 saturated heterocycles. The molecule has 0 spiro atoms. The number of carbonyl (C=O) groups excluding carboxylic acids is 1. The van der Waals surface area contributed by atoms with Crippen molar-refractivity contribution >= 4 is 16.0 Å². The van der Waals surface area contributed by atoms with Crippen LogP contribution in [0, 0.1) is 46.3 Å². The van der Waals surface area contributed by atoms with Crippen molar-refractivity contribution in [3.8, 4) is 0 Å². The Hall–Kier alpha value is -1.52. The first kappa shape index (κ1) is 30.9. The first-order valence-corrected chi connectivity index (χ1v) is 17.2. The van der Waals surface area contributed by atoms with Gasteiger partial charge >= 0.3 is 0 Å². The maximum absolute atomic E-state index is 13.0. The van der Waals surface area contributed by atoms with E-state index in [0.29, 0.717) is 18.4 Å². The van der Waals surface area contributed by atoms with Gasteiger partial charge in [-0.25, -0.2) is 0 Å². The molecule has 1 aromatic rings. The van der Waals surface area contributed by atoms with Crippen LogP contribution in [0.1, 0.15) is 90.2 Å². The Morgan fingerprint density at radius 3 is 2.41 bits per heavy atom. The highest BCUT2D eigenvalue weighted by atomic mass is 32.2. The normalized spacial score (nSPS) is 41.9. The third-order valence-electron chi connectivity index (χ3n) is 12.3. The molecule has 4 aliphatic rings. The quantitative estimate of drug-likeness (QED) is 0.286. The summed E-state index contributed by atoms with van der Waals surface area (Å²) in [5.74, 6) is 0.415. The Balaban J connectivity index is 1.26. The molecule has 4 fully saturated rings. The van der Waals surface area contributed by atoms with Crippen molar-refractivity contribution in [2.45, 2.75) is 103 Å². The van der Waals surface area contributed by atoms with Crippen LogP contribution >= 0.6 is 0 Å². The Kier molecular flexibility index (Phi) is 8.69. The fourth-order valence-corrected chi connectivity index (χ4v) is 10.8. The van der Waals surface area contributed by atoms with Crippen molar-refractivity contribution in [2.75, 3.05) is 5.75 Å². The van der Waals surface area contributed by atoms with Crippen LogP contribution in [0.15, 0.2) is 30.3 Å². The summed E-state index contributed by atoms with van der Waals surface area (Å²) in [6.45, 7) is 6.69. The van der Waals surface area contributed by atoms with Crippen LogP contribution < -0.4 is 5.32 Å². The Morgan fingerprint density at radius 2 is 1.73 bits per heavy atom. The van der Waals surface area contributed by atoms with E-state index in [1.54, 1.807) is 30.3 Å². The van der Waals surface area contributed by atoms with E-state index in [1.165, 1.54) is 0 Å². The second-order valence-corrected chi connectivity index (χ2v) is 15.8. The third-order valence-corrected chi connectivity index (χ3v) is 13.0. The highest BCUT2D eigenvalue weighted by Gasteiger charge is 2.65. The number of hydrogen-bond acceptors (Lipinski definition) is 6. The molecule has 1 amide bonds. The number of aliphatic hydroxyl groups excluding tert-OH is 3. The van der Waals surface area contributed by atoms with Crippen LogP contribution in [0.2, 0.25) is 0 Å². The van der Waals surface area contributed by atoms with Crippen molar-refractivity contribution in [3.63, 3.8) is 0 Å². The van der Waals surface area contributed by atoms with Gasteiger partial charge in [-0.3, -0.25) is 9.35 Å². The number of hydrogen-bond donors (Lipinski definition) is 5. The van der Waals surface area contributed by atoms with Crippen molar-refractivity contribution in [3.05, 3.63) is 35.9 Å². The lowest BCUT2D eigenvalue weighted by Gasteiger charge is -2.63. The minimum Gasteiger partial charge on any atom is -0.393 e. The standard InChI is InChI=1S/C32H49NO7S/c1-19(9-12-29(37)33-26(18-41(38,39)40)20-7-5-4-6-8-20)23-10-11-24-30-25(17-28(36)32(23,24)3)31(2)14-13-22(34)15-21(31)16-27(30)35/h4-8,19,21-28,30,34-36H,9-18H2,1-3H3,(H,33,37)(H,38,39,40). The van der Waals surface area contributed by atoms with E-state index >= 15 is 0 Å². The number of nitrogens with one attached hydrogen (secondary N) is 1. The van der Waals surface area contributed by atoms with Crippen LogP contribution in [0.3, 0.4) is 0 Å². The molecule has 0 aromatic heterocycles. The summed E-state index contributed by atoms with van der Waals surface area (Å²) >= 11 is 0. The molecule has 0 radical (unpaired) electrons. The van der Waals surface area contributed by atoms with Crippen molar-refractivity contribution in [1.82, 2.24) is 5.32 Å². The van der Waals surface area contributed by atoms with E-state index in [1.807, 2.05) is 0 Å². The molecule has 230 valence electrons. The predicted octanol–water partition coefficient (Wildman–Crippen LogP) is 4.11. The van der Waals surface area contributed by atoms with Gasteiger partial charge in [-0.15, -0.1) is 0 Å². The van der Waals surface area contributed by atoms with E-state index in [9.17, 15) is 33.1 Å². The largest absolute Gasteiger partial charge is 0.393 e. The fourth-order valence-electron chi connectivity index (χ4n) is 10.1. The zero-order chi connectivity index (χ0) is 29.7. The molecule has 12 atom stereocenters. The Morgan fingerprint density at radius 1 is 1.02 bits per heavy atom. The van der Waals surface area contributed by atoms with Gasteiger partial charge in [0.15, 0.2) is 0 Å². The van der Waals surface area contributed by atoms with Gasteiger partial charge in [0, 0.05) is 6.42 Å². The topological polar surface area (TPSA) is 144 Å². The van der Waals surface area contributed by atoms with E-state index in [-0.39, 0.29) is 64.8 Å². The lowest BCUT2D eigenvalue weighted by molar-refractivity contribution is -0.207. The number of carbonyl (C=O) groups is 1. The predicted molar refractivity (Wildman–Crippen MR) is 156 cm³/mol. The molecule has 5 rings (SSSR count). The molecule has 9 heteroatoms. The van der Waals surface area contributed by atoms with Gasteiger partial charge in [0.05, 0.1) is 30.1 Å². The van der Waals surface area contributed by atoms with Gasteiger partial charge in [-0.1, -0.05) is 51.1 Å². The molecule has 0 aliphatic heterocycles. The summed E-state index contributed by atoms with van der Waals surface area (Å²) in [5, 5.41) is 36.4. The summed E-state index contributed by atoms with van der Waals surface area (Å²) in [6, 6.07) is 7.96. The summed E-state index contributed by atoms with van der Waals surface area (Å²) in [4.78, 5) is 13.0. The van der Waals surface area contributed by atoms with Crippen LogP contribution in [-0.4, -0.2) is 58.3 Å². The number of benzene rings is 1. The molecular formula is C32H49NO7S. The maximum Gasteiger partial charge on any atom is 0.267 e. The fraction of sp³-hybridized carbons (Fsp3) is 0.781. The highest BCUT2D eigenvalue weighted by Crippen LogP contribution is 2.68. The molecule has 0 bridgehead atoms. The zero-order valence-electron chi connectivity index (χ0n) is 24.7. The minimum absolute atomic E-state index is 0.0323. The average Bonchev–Trinajstić information content (AvgIpc) is 3.27. The van der Waals surface area contributed by atoms with Gasteiger partial charge in [0.1, 0.15) is 0 Å². The van der Waals surface area contributed by atoms with Crippen molar-refractivity contribution < 1.29 is 33.1 Å². The molecule has 5 N–H and O–H groups in total. The SMILES string of the molecule is CC(CCC(=O)NC(CS(=O)(=O)O)c1ccccc1)C1CCC2C3C(O)CC4CC(O)CCC4(C)C3CC(O)C12C. The number of aliphatic hydroxyl groups is 3. The Labute approximate surface area is 245 Å². The lowest BCUT2D eigenvalue weighted by Crippen LogP contribution is -2.62. The summed E-state index contributed by atoms with van der Waals surface area (Å²) < 4.78 is 32.7. The molecule has 4 saturated carbocycles. The van der Waals surface area contributed by atoms with E-state index in [4.69, 9.17) is 0 Å². The van der Waals surface area contributed by atoms with Gasteiger partial charge in [0.2, 0.25) is 5.91 Å². The van der Waals surface area contributed by atoms with Gasteiger partial charge in [0.25, 0.3) is 10.1 Å². The second-order valence-electron chi connectivity index (χ2n) is 14.3. The summed E-state index contributed by atoms with van der Waals surface area (Å²) in [7, 11) is -4.29. The summed E-state index contributed by atoms with van der Waals surface area (Å²) in [5.41, 5.74) is 0.310. The molecule has 0 heterocycles. The third kappa shape index (κ3) is 5.86. The molecule has 4 aliphatic carbocycles. The first-order chi connectivity index (χ1) is 19.2. The molecule has 1 aromatic carbocycles. The van der Waals surface area contributed by atoms with Crippen molar-refractivity contribution in [2.24, 2.45) is 46.3 Å². The van der Waals surface area contributed by atoms with Gasteiger partial charge in [-0.05, 0) is 103 Å². The number of fused-ring (bicyclic) bond motifs is 5. The Bertz CT molecular complexity index is 1190. The van der Waals surface area contributed by atoms with Crippen LogP contribution in [-0.2, 0) is 14.9 Å². The van der Waals surface area contributed by atoms with E-state index in [0.717, 1.165) is 38.5 Å². The zero-order valence-corrected chi connectivity index (χ0v) is 25.5. The van der Waals surface area contributed by atoms with E-state index < -0.39 is 34.1 Å². The number of rotatable bonds is 8. The smallest absolute Gasteiger partial charge is 0.267 e. The molecular weight excluding hydrogens is 542 g/mol. The molecule has 12 unspecified atom stereocenters. The molecule has 8 nitrogen and oxygen atoms in total. The maximum atomic E-state index is 13.0. The number of amides is 1. The first-order valence-electron chi connectivity index (χ1n) is 15.6. The van der Waals surface area contributed by atoms with E-state index in [2.05, 4.69) is 26.1 Å². The van der Waals surface area contributed by atoms with Crippen molar-refractivity contribution in [1.29, 1.82) is 0 Å².